The Bertz CT molecular complexity index is 172. The molecule has 0 atom stereocenters. The summed E-state index contributed by atoms with van der Waals surface area (Å²) in [5.74, 6) is -2.45. The predicted molar refractivity (Wildman–Crippen MR) is 34.8 cm³/mol. The maximum absolute atomic E-state index is 9.90. The van der Waals surface area contributed by atoms with Gasteiger partial charge < -0.3 is 10.2 Å². The Kier molecular flexibility index (Phi) is 6.76. The molecule has 0 saturated heterocycles. The van der Waals surface area contributed by atoms with Crippen LogP contribution in [-0.4, -0.2) is 51.7 Å². The molecule has 0 rings (SSSR count). The fourth-order valence-corrected chi connectivity index (χ4v) is 0.247. The molecule has 0 aromatic rings. The molecule has 0 aromatic carbocycles. The summed E-state index contributed by atoms with van der Waals surface area (Å²) in [4.78, 5) is 19.7. The minimum absolute atomic E-state index is 0. The van der Waals surface area contributed by atoms with Crippen LogP contribution in [-0.2, 0) is 9.59 Å². The van der Waals surface area contributed by atoms with Crippen molar-refractivity contribution in [2.24, 2.45) is 0 Å². The number of carboxylic acids is 2. The van der Waals surface area contributed by atoms with E-state index in [1.807, 2.05) is 0 Å². The van der Waals surface area contributed by atoms with Crippen molar-refractivity contribution >= 4 is 41.5 Å². The number of rotatable bonds is 2. The molecule has 0 saturated carbocycles. The molecular formula is C5H6NaO4. The third-order valence-electron chi connectivity index (χ3n) is 0.677. The van der Waals surface area contributed by atoms with E-state index < -0.39 is 11.9 Å². The second kappa shape index (κ2) is 5.46. The van der Waals surface area contributed by atoms with Gasteiger partial charge in [0.05, 0.1) is 0 Å². The Morgan fingerprint density at radius 1 is 1.30 bits per heavy atom. The van der Waals surface area contributed by atoms with Gasteiger partial charge in [-0.05, 0) is 6.92 Å². The van der Waals surface area contributed by atoms with Crippen LogP contribution >= 0.6 is 0 Å². The van der Waals surface area contributed by atoms with Gasteiger partial charge in [0.2, 0.25) is 0 Å². The molecular weight excluding hydrogens is 147 g/mol. The molecule has 0 bridgehead atoms. The van der Waals surface area contributed by atoms with Gasteiger partial charge in [-0.3, -0.25) is 0 Å². The normalized spacial score (nSPS) is 9.90. The molecule has 0 aliphatic rings. The Balaban J connectivity index is 0. The van der Waals surface area contributed by atoms with Crippen molar-refractivity contribution in [2.75, 3.05) is 0 Å². The average Bonchev–Trinajstić information content (AvgIpc) is 1.63. The van der Waals surface area contributed by atoms with E-state index >= 15 is 0 Å². The summed E-state index contributed by atoms with van der Waals surface area (Å²) < 4.78 is 0. The van der Waals surface area contributed by atoms with Crippen molar-refractivity contribution in [1.82, 2.24) is 0 Å². The van der Waals surface area contributed by atoms with Crippen LogP contribution in [0.3, 0.4) is 0 Å². The maximum Gasteiger partial charge on any atom is 0.331 e. The summed E-state index contributed by atoms with van der Waals surface area (Å²) in [6.07, 6.45) is 0.641. The Labute approximate surface area is 79.8 Å². The molecule has 4 nitrogen and oxygen atoms in total. The van der Waals surface area contributed by atoms with Crippen LogP contribution in [0.5, 0.6) is 0 Å². The summed E-state index contributed by atoms with van der Waals surface area (Å²) in [6.45, 7) is 1.22. The summed E-state index contributed by atoms with van der Waals surface area (Å²) >= 11 is 0. The molecule has 0 fully saturated rings. The molecule has 0 aromatic heterocycles. The topological polar surface area (TPSA) is 74.6 Å². The van der Waals surface area contributed by atoms with Crippen LogP contribution in [0.25, 0.3) is 0 Å². The number of hydrogen-bond acceptors (Lipinski definition) is 2. The molecule has 10 heavy (non-hydrogen) atoms. The van der Waals surface area contributed by atoms with Gasteiger partial charge in [-0.1, -0.05) is 0 Å². The monoisotopic (exact) mass is 153 g/mol. The summed E-state index contributed by atoms with van der Waals surface area (Å²) in [6, 6.07) is 0. The third-order valence-corrected chi connectivity index (χ3v) is 0.677. The first-order chi connectivity index (χ1) is 4.04. The van der Waals surface area contributed by atoms with Crippen molar-refractivity contribution in [2.45, 2.75) is 6.92 Å². The van der Waals surface area contributed by atoms with Gasteiger partial charge in [0.1, 0.15) is 0 Å². The van der Waals surface area contributed by atoms with Gasteiger partial charge in [-0.25, -0.2) is 9.59 Å². The van der Waals surface area contributed by atoms with E-state index in [-0.39, 0.29) is 35.1 Å². The van der Waals surface area contributed by atoms with Crippen LogP contribution in [0.1, 0.15) is 6.92 Å². The van der Waals surface area contributed by atoms with Gasteiger partial charge in [-0.15, -0.1) is 0 Å². The SMILES string of the molecule is C/C(=C\C(=O)O)C(=O)O.[Na]. The largest absolute Gasteiger partial charge is 0.478 e. The first-order valence-corrected chi connectivity index (χ1v) is 2.18. The molecule has 0 aliphatic heterocycles. The molecule has 0 aliphatic carbocycles. The van der Waals surface area contributed by atoms with E-state index in [9.17, 15) is 9.59 Å². The predicted octanol–water partition coefficient (Wildman–Crippen LogP) is -0.279. The van der Waals surface area contributed by atoms with Crippen molar-refractivity contribution in [3.8, 4) is 0 Å². The van der Waals surface area contributed by atoms with E-state index in [4.69, 9.17) is 10.2 Å². The molecule has 2 N–H and O–H groups in total. The van der Waals surface area contributed by atoms with Crippen LogP contribution in [0.4, 0.5) is 0 Å². The quantitative estimate of drug-likeness (QED) is 0.422. The second-order valence-electron chi connectivity index (χ2n) is 1.47. The number of carbonyl (C=O) groups is 2. The Morgan fingerprint density at radius 2 is 1.70 bits per heavy atom. The maximum atomic E-state index is 9.90. The van der Waals surface area contributed by atoms with Gasteiger partial charge >= 0.3 is 11.9 Å². The summed E-state index contributed by atoms with van der Waals surface area (Å²) in [5, 5.41) is 16.1. The van der Waals surface area contributed by atoms with E-state index in [2.05, 4.69) is 0 Å². The summed E-state index contributed by atoms with van der Waals surface area (Å²) in [5.41, 5.74) is -0.178. The molecule has 1 radical (unpaired) electrons. The molecule has 0 unspecified atom stereocenters. The zero-order valence-electron chi connectivity index (χ0n) is 5.79. The van der Waals surface area contributed by atoms with Crippen LogP contribution < -0.4 is 0 Å². The van der Waals surface area contributed by atoms with Gasteiger partial charge in [0.25, 0.3) is 0 Å². The minimum atomic E-state index is -1.24. The van der Waals surface area contributed by atoms with E-state index in [1.54, 1.807) is 0 Å². The van der Waals surface area contributed by atoms with Crippen LogP contribution in [0.15, 0.2) is 11.6 Å². The first kappa shape index (κ1) is 12.4. The number of aliphatic carboxylic acids is 2. The second-order valence-corrected chi connectivity index (χ2v) is 1.47. The zero-order valence-corrected chi connectivity index (χ0v) is 7.79. The third kappa shape index (κ3) is 5.81. The fraction of sp³-hybridized carbons (Fsp3) is 0.200. The van der Waals surface area contributed by atoms with E-state index in [0.29, 0.717) is 6.08 Å². The van der Waals surface area contributed by atoms with E-state index in [0.717, 1.165) is 0 Å². The summed E-state index contributed by atoms with van der Waals surface area (Å²) in [7, 11) is 0. The van der Waals surface area contributed by atoms with Crippen LogP contribution in [0.2, 0.25) is 0 Å². The van der Waals surface area contributed by atoms with Crippen LogP contribution in [0, 0.1) is 0 Å². The van der Waals surface area contributed by atoms with Crippen molar-refractivity contribution in [1.29, 1.82) is 0 Å². The standard InChI is InChI=1S/C5H6O4.Na/c1-3(5(8)9)2-4(6)7;/h2H,1H3,(H,6,7)(H,8,9);/b3-2+;. The van der Waals surface area contributed by atoms with Gasteiger partial charge in [-0.2, -0.15) is 0 Å². The molecule has 0 amide bonds. The molecule has 51 valence electrons. The molecule has 5 heteroatoms. The Hall–Kier alpha value is -0.320. The average molecular weight is 153 g/mol. The molecule has 0 spiro atoms. The van der Waals surface area contributed by atoms with Gasteiger partial charge in [0, 0.05) is 41.2 Å². The van der Waals surface area contributed by atoms with E-state index in [1.165, 1.54) is 6.92 Å². The van der Waals surface area contributed by atoms with Crippen molar-refractivity contribution in [3.63, 3.8) is 0 Å². The smallest absolute Gasteiger partial charge is 0.331 e. The number of hydrogen-bond donors (Lipinski definition) is 2. The zero-order chi connectivity index (χ0) is 7.44. The molecule has 0 heterocycles. The minimum Gasteiger partial charge on any atom is -0.478 e. The van der Waals surface area contributed by atoms with Crippen molar-refractivity contribution in [3.05, 3.63) is 11.6 Å². The van der Waals surface area contributed by atoms with Gasteiger partial charge in [0.15, 0.2) is 0 Å². The Morgan fingerprint density at radius 3 is 1.80 bits per heavy atom. The fourth-order valence-electron chi connectivity index (χ4n) is 0.247. The number of carboxylic acid groups (broad SMARTS) is 2. The van der Waals surface area contributed by atoms with Crippen molar-refractivity contribution < 1.29 is 19.8 Å². The first-order valence-electron chi connectivity index (χ1n) is 2.18.